The van der Waals surface area contributed by atoms with E-state index in [1.807, 2.05) is 0 Å². The van der Waals surface area contributed by atoms with Gasteiger partial charge in [0.2, 0.25) is 5.88 Å². The Morgan fingerprint density at radius 2 is 1.85 bits per heavy atom. The lowest BCUT2D eigenvalue weighted by molar-refractivity contribution is -0.385. The van der Waals surface area contributed by atoms with Crippen molar-refractivity contribution in [2.24, 2.45) is 10.2 Å². The van der Waals surface area contributed by atoms with Crippen molar-refractivity contribution in [3.63, 3.8) is 0 Å². The average Bonchev–Trinajstić information content (AvgIpc) is 2.94. The smallest absolute Gasteiger partial charge is 0.295 e. The van der Waals surface area contributed by atoms with Gasteiger partial charge >= 0.3 is 0 Å². The number of aryl methyl sites for hydroxylation is 1. The molecule has 2 N–H and O–H groups in total. The lowest BCUT2D eigenvalue weighted by atomic mass is 10.1. The fourth-order valence-corrected chi connectivity index (χ4v) is 2.46. The number of nitro benzene ring substituents is 2. The second kappa shape index (κ2) is 6.63. The lowest BCUT2D eigenvalue weighted by Gasteiger charge is -1.99. The molecule has 0 aliphatic rings. The van der Waals surface area contributed by atoms with E-state index in [-0.39, 0.29) is 28.0 Å². The Bertz CT molecular complexity index is 1130. The van der Waals surface area contributed by atoms with Gasteiger partial charge in [0.15, 0.2) is 5.69 Å². The molecule has 11 nitrogen and oxygen atoms in total. The van der Waals surface area contributed by atoms with Crippen LogP contribution in [0.15, 0.2) is 46.6 Å². The van der Waals surface area contributed by atoms with Gasteiger partial charge in [0.25, 0.3) is 17.3 Å². The number of fused-ring (bicyclic) bond motifs is 1. The molecule has 1 aromatic heterocycles. The van der Waals surface area contributed by atoms with Crippen molar-refractivity contribution in [2.45, 2.75) is 6.92 Å². The Morgan fingerprint density at radius 3 is 2.52 bits per heavy atom. The standard InChI is InChI=1S/C16H11N5O6/c1-8-2-3-9(6-13(8)21(26)27)15(22)19-18-14-11-7-10(20(24)25)4-5-12(11)17-16(14)23/h2-7,17,23H,1H3. The minimum Gasteiger partial charge on any atom is -0.493 e. The second-order valence-electron chi connectivity index (χ2n) is 5.57. The van der Waals surface area contributed by atoms with Crippen LogP contribution in [0.2, 0.25) is 0 Å². The summed E-state index contributed by atoms with van der Waals surface area (Å²) in [6.07, 6.45) is 0. The van der Waals surface area contributed by atoms with Gasteiger partial charge < -0.3 is 10.1 Å². The third-order valence-electron chi connectivity index (χ3n) is 3.84. The topological polar surface area (TPSA) is 164 Å². The van der Waals surface area contributed by atoms with E-state index in [2.05, 4.69) is 15.2 Å². The van der Waals surface area contributed by atoms with Gasteiger partial charge in [-0.05, 0) is 19.1 Å². The summed E-state index contributed by atoms with van der Waals surface area (Å²) in [7, 11) is 0. The Morgan fingerprint density at radius 1 is 1.11 bits per heavy atom. The maximum Gasteiger partial charge on any atom is 0.295 e. The van der Waals surface area contributed by atoms with E-state index in [9.17, 15) is 30.1 Å². The largest absolute Gasteiger partial charge is 0.493 e. The zero-order valence-corrected chi connectivity index (χ0v) is 13.7. The monoisotopic (exact) mass is 369 g/mol. The van der Waals surface area contributed by atoms with Gasteiger partial charge in [-0.2, -0.15) is 0 Å². The molecule has 0 fully saturated rings. The molecule has 0 bridgehead atoms. The van der Waals surface area contributed by atoms with Crippen molar-refractivity contribution in [2.75, 3.05) is 0 Å². The van der Waals surface area contributed by atoms with Gasteiger partial charge in [0.1, 0.15) is 0 Å². The summed E-state index contributed by atoms with van der Waals surface area (Å²) < 4.78 is 0. The Kier molecular flexibility index (Phi) is 4.34. The van der Waals surface area contributed by atoms with Crippen LogP contribution in [-0.2, 0) is 0 Å². The summed E-state index contributed by atoms with van der Waals surface area (Å²) in [6, 6.07) is 7.67. The van der Waals surface area contributed by atoms with Crippen LogP contribution in [0.1, 0.15) is 15.9 Å². The number of rotatable bonds is 4. The predicted octanol–water partition coefficient (Wildman–Crippen LogP) is 3.92. The van der Waals surface area contributed by atoms with E-state index in [0.717, 1.165) is 6.07 Å². The molecule has 27 heavy (non-hydrogen) atoms. The zero-order valence-electron chi connectivity index (χ0n) is 13.7. The van der Waals surface area contributed by atoms with Gasteiger partial charge in [0.05, 0.1) is 20.9 Å². The molecule has 0 aliphatic carbocycles. The Labute approximate surface area is 150 Å². The Hall–Kier alpha value is -4.15. The number of H-pyrrole nitrogens is 1. The highest BCUT2D eigenvalue weighted by atomic mass is 16.6. The van der Waals surface area contributed by atoms with Crippen molar-refractivity contribution < 1.29 is 19.7 Å². The summed E-state index contributed by atoms with van der Waals surface area (Å²) in [4.78, 5) is 35.4. The zero-order chi connectivity index (χ0) is 19.7. The van der Waals surface area contributed by atoms with E-state index < -0.39 is 21.6 Å². The molecule has 3 aromatic rings. The van der Waals surface area contributed by atoms with Gasteiger partial charge in [0, 0.05) is 29.1 Å². The number of nitrogens with zero attached hydrogens (tertiary/aromatic N) is 4. The molecule has 1 heterocycles. The molecular weight excluding hydrogens is 358 g/mol. The van der Waals surface area contributed by atoms with Crippen LogP contribution >= 0.6 is 0 Å². The second-order valence-corrected chi connectivity index (χ2v) is 5.57. The fraction of sp³-hybridized carbons (Fsp3) is 0.0625. The summed E-state index contributed by atoms with van der Waals surface area (Å²) >= 11 is 0. The highest BCUT2D eigenvalue weighted by Crippen LogP contribution is 2.37. The SMILES string of the molecule is Cc1ccc(C(=O)N=Nc2c(O)[nH]c3ccc([N+](=O)[O-])cc23)cc1[N+](=O)[O-]. The lowest BCUT2D eigenvalue weighted by Crippen LogP contribution is -1.98. The summed E-state index contributed by atoms with van der Waals surface area (Å²) in [6.45, 7) is 1.53. The van der Waals surface area contributed by atoms with Crippen LogP contribution < -0.4 is 0 Å². The number of azo groups is 1. The third-order valence-corrected chi connectivity index (χ3v) is 3.84. The Balaban J connectivity index is 1.98. The number of carbonyl (C=O) groups is 1. The highest BCUT2D eigenvalue weighted by molar-refractivity contribution is 5.98. The van der Waals surface area contributed by atoms with E-state index in [1.165, 1.54) is 37.3 Å². The first-order valence-corrected chi connectivity index (χ1v) is 7.48. The number of hydrogen-bond donors (Lipinski definition) is 2. The molecule has 0 saturated heterocycles. The summed E-state index contributed by atoms with van der Waals surface area (Å²) in [5.41, 5.74) is 0.0885. The maximum absolute atomic E-state index is 12.2. The minimum absolute atomic E-state index is 0.0543. The molecule has 0 saturated carbocycles. The van der Waals surface area contributed by atoms with Gasteiger partial charge in [-0.25, -0.2) is 0 Å². The first kappa shape index (κ1) is 17.7. The molecule has 0 spiro atoms. The highest BCUT2D eigenvalue weighted by Gasteiger charge is 2.17. The van der Waals surface area contributed by atoms with Gasteiger partial charge in [-0.3, -0.25) is 25.0 Å². The number of amides is 1. The predicted molar refractivity (Wildman–Crippen MR) is 93.3 cm³/mol. The van der Waals surface area contributed by atoms with Crippen molar-refractivity contribution in [3.05, 3.63) is 67.8 Å². The number of non-ortho nitro benzene ring substituents is 1. The molecule has 0 unspecified atom stereocenters. The number of nitro groups is 2. The molecule has 0 aliphatic heterocycles. The number of hydrogen-bond acceptors (Lipinski definition) is 7. The summed E-state index contributed by atoms with van der Waals surface area (Å²) in [5.74, 6) is -1.28. The number of nitrogens with one attached hydrogen (secondary N) is 1. The fourth-order valence-electron chi connectivity index (χ4n) is 2.46. The molecule has 0 atom stereocenters. The van der Waals surface area contributed by atoms with Crippen molar-refractivity contribution in [1.82, 2.24) is 4.98 Å². The first-order valence-electron chi connectivity index (χ1n) is 7.48. The molecular formula is C16H11N5O6. The van der Waals surface area contributed by atoms with Crippen LogP contribution in [0, 0.1) is 27.2 Å². The van der Waals surface area contributed by atoms with Crippen molar-refractivity contribution >= 4 is 33.9 Å². The van der Waals surface area contributed by atoms with Crippen molar-refractivity contribution in [3.8, 4) is 5.88 Å². The van der Waals surface area contributed by atoms with Crippen molar-refractivity contribution in [1.29, 1.82) is 0 Å². The molecule has 0 radical (unpaired) electrons. The van der Waals surface area contributed by atoms with Gasteiger partial charge in [-0.15, -0.1) is 10.2 Å². The number of aromatic hydroxyl groups is 1. The van der Waals surface area contributed by atoms with E-state index in [4.69, 9.17) is 0 Å². The normalized spacial score (nSPS) is 11.1. The maximum atomic E-state index is 12.2. The van der Waals surface area contributed by atoms with Crippen LogP contribution in [0.5, 0.6) is 5.88 Å². The van der Waals surface area contributed by atoms with Crippen LogP contribution in [-0.4, -0.2) is 25.8 Å². The quantitative estimate of drug-likeness (QED) is 0.402. The summed E-state index contributed by atoms with van der Waals surface area (Å²) in [5, 5.41) is 39.1. The molecule has 3 rings (SSSR count). The average molecular weight is 369 g/mol. The minimum atomic E-state index is -0.864. The van der Waals surface area contributed by atoms with E-state index in [0.29, 0.717) is 11.1 Å². The number of carbonyl (C=O) groups excluding carboxylic acids is 1. The van der Waals surface area contributed by atoms with Crippen LogP contribution in [0.3, 0.4) is 0 Å². The van der Waals surface area contributed by atoms with E-state index in [1.54, 1.807) is 0 Å². The van der Waals surface area contributed by atoms with E-state index >= 15 is 0 Å². The van der Waals surface area contributed by atoms with Gasteiger partial charge in [-0.1, -0.05) is 6.07 Å². The van der Waals surface area contributed by atoms with Crippen LogP contribution in [0.4, 0.5) is 17.1 Å². The molecule has 1 amide bonds. The molecule has 11 heteroatoms. The molecule has 2 aromatic carbocycles. The van der Waals surface area contributed by atoms with Crippen LogP contribution in [0.25, 0.3) is 10.9 Å². The number of benzene rings is 2. The first-order chi connectivity index (χ1) is 12.8. The number of aromatic amines is 1. The number of aromatic nitrogens is 1. The third kappa shape index (κ3) is 3.33. The molecule has 136 valence electrons.